The predicted molar refractivity (Wildman–Crippen MR) is 65.9 cm³/mol. The molecular weight excluding hydrogens is 377 g/mol. The second-order valence-electron chi connectivity index (χ2n) is 5.23. The van der Waals surface area contributed by atoms with E-state index in [1.807, 2.05) is 0 Å². The number of carboxylic acids is 1. The van der Waals surface area contributed by atoms with E-state index in [0.717, 1.165) is 0 Å². The average molecular weight is 393 g/mol. The monoisotopic (exact) mass is 393 g/mol. The Morgan fingerprint density at radius 1 is 1.00 bits per heavy atom. The molecule has 0 bridgehead atoms. The fraction of sp³-hybridized carbons (Fsp3) is 0.917. The molecule has 0 heterocycles. The Balaban J connectivity index is 5.27. The van der Waals surface area contributed by atoms with E-state index in [4.69, 9.17) is 10.2 Å². The average Bonchev–Trinajstić information content (AvgIpc) is 2.44. The molecule has 0 aliphatic heterocycles. The molecule has 0 aromatic carbocycles. The molecule has 0 fully saturated rings. The van der Waals surface area contributed by atoms with Crippen molar-refractivity contribution in [1.82, 2.24) is 5.32 Å². The number of nitrogens with one attached hydrogen (secondary N) is 1. The number of hydrogen-bond donors (Lipinski definition) is 3. The largest absolute Gasteiger partial charge is 0.480 e. The maximum atomic E-state index is 13.4. The van der Waals surface area contributed by atoms with E-state index < -0.39 is 48.6 Å². The van der Waals surface area contributed by atoms with Crippen molar-refractivity contribution in [3.05, 3.63) is 0 Å². The van der Waals surface area contributed by atoms with Gasteiger partial charge < -0.3 is 15.5 Å². The third-order valence-electron chi connectivity index (χ3n) is 3.29. The normalized spacial score (nSPS) is 16.6. The number of aliphatic carboxylic acids is 1. The van der Waals surface area contributed by atoms with Gasteiger partial charge in [0.2, 0.25) is 0 Å². The number of carbonyl (C=O) groups is 1. The van der Waals surface area contributed by atoms with Crippen LogP contribution in [0.3, 0.4) is 0 Å². The van der Waals surface area contributed by atoms with Crippen molar-refractivity contribution in [1.29, 1.82) is 0 Å². The number of rotatable bonds is 10. The zero-order valence-electron chi connectivity index (χ0n) is 12.7. The van der Waals surface area contributed by atoms with Crippen LogP contribution in [0, 0.1) is 0 Å². The molecule has 0 aliphatic carbocycles. The highest BCUT2D eigenvalue weighted by Crippen LogP contribution is 2.53. The fourth-order valence-electron chi connectivity index (χ4n) is 1.70. The first-order chi connectivity index (χ1) is 11.0. The number of carboxylic acid groups (broad SMARTS) is 1. The van der Waals surface area contributed by atoms with Gasteiger partial charge in [-0.25, -0.2) is 0 Å². The lowest BCUT2D eigenvalue weighted by Gasteiger charge is -2.36. The van der Waals surface area contributed by atoms with Crippen molar-refractivity contribution in [3.63, 3.8) is 0 Å². The molecule has 0 spiro atoms. The molecule has 2 atom stereocenters. The molecule has 0 saturated heterocycles. The Hall–Kier alpha value is -1.24. The van der Waals surface area contributed by atoms with E-state index in [2.05, 4.69) is 0 Å². The van der Waals surface area contributed by atoms with E-state index in [1.165, 1.54) is 0 Å². The van der Waals surface area contributed by atoms with Gasteiger partial charge in [0.25, 0.3) is 0 Å². The maximum Gasteiger partial charge on any atom is 0.460 e. The van der Waals surface area contributed by atoms with Gasteiger partial charge in [-0.2, -0.15) is 39.5 Å². The Morgan fingerprint density at radius 3 is 1.84 bits per heavy atom. The molecule has 13 heteroatoms. The minimum Gasteiger partial charge on any atom is -0.480 e. The lowest BCUT2D eigenvalue weighted by molar-refractivity contribution is -0.405. The van der Waals surface area contributed by atoms with Gasteiger partial charge >= 0.3 is 29.9 Å². The number of hydrogen-bond acceptors (Lipinski definition) is 3. The first-order valence-corrected chi connectivity index (χ1v) is 6.88. The quantitative estimate of drug-likeness (QED) is 0.499. The Kier molecular flexibility index (Phi) is 7.58. The van der Waals surface area contributed by atoms with Crippen LogP contribution >= 0.6 is 0 Å². The van der Waals surface area contributed by atoms with Gasteiger partial charge in [0.05, 0.1) is 0 Å². The number of unbranched alkanes of at least 4 members (excludes halogenated alkanes) is 1. The molecule has 25 heavy (non-hydrogen) atoms. The molecule has 0 saturated carbocycles. The second-order valence-corrected chi connectivity index (χ2v) is 5.23. The standard InChI is InChI=1S/C12H16F9NO3/c1-2-3-4-6(8(24)25)22-5-7(23)9(13,14)10(15,16)11(17,18)12(19,20)21/h6-7,22-23H,2-5H2,1H3,(H,24,25)/t6-,7+/m0/s1. The second kappa shape index (κ2) is 7.98. The Labute approximate surface area is 136 Å². The number of aliphatic hydroxyl groups excluding tert-OH is 1. The number of halogens is 9. The van der Waals surface area contributed by atoms with Crippen molar-refractivity contribution in [3.8, 4) is 0 Å². The lowest BCUT2D eigenvalue weighted by Crippen LogP contribution is -2.65. The summed E-state index contributed by atoms with van der Waals surface area (Å²) in [6.07, 6.45) is -10.1. The van der Waals surface area contributed by atoms with E-state index >= 15 is 0 Å². The van der Waals surface area contributed by atoms with Crippen molar-refractivity contribution in [2.24, 2.45) is 0 Å². The van der Waals surface area contributed by atoms with Gasteiger partial charge in [-0.1, -0.05) is 19.8 Å². The van der Waals surface area contributed by atoms with Crippen LogP contribution in [0.5, 0.6) is 0 Å². The molecule has 0 rings (SSSR count). The van der Waals surface area contributed by atoms with Crippen LogP contribution in [0.15, 0.2) is 0 Å². The van der Waals surface area contributed by atoms with E-state index in [9.17, 15) is 44.3 Å². The summed E-state index contributed by atoms with van der Waals surface area (Å²) in [5.74, 6) is -21.9. The van der Waals surface area contributed by atoms with Crippen LogP contribution in [-0.2, 0) is 4.79 Å². The summed E-state index contributed by atoms with van der Waals surface area (Å²) in [6, 6.07) is -1.58. The van der Waals surface area contributed by atoms with Crippen molar-refractivity contribution >= 4 is 5.97 Å². The lowest BCUT2D eigenvalue weighted by atomic mass is 9.98. The van der Waals surface area contributed by atoms with Crippen LogP contribution in [0.1, 0.15) is 26.2 Å². The Morgan fingerprint density at radius 2 is 1.48 bits per heavy atom. The molecule has 0 unspecified atom stereocenters. The van der Waals surface area contributed by atoms with E-state index in [1.54, 1.807) is 12.2 Å². The summed E-state index contributed by atoms with van der Waals surface area (Å²) in [5, 5.41) is 19.5. The SMILES string of the molecule is CCCC[C@H](NC[C@@H](O)C(F)(F)C(F)(F)C(F)(F)C(F)(F)F)C(=O)O. The minimum atomic E-state index is -7.11. The highest BCUT2D eigenvalue weighted by atomic mass is 19.4. The van der Waals surface area contributed by atoms with Crippen molar-refractivity contribution in [2.45, 2.75) is 62.3 Å². The van der Waals surface area contributed by atoms with Crippen LogP contribution < -0.4 is 5.32 Å². The zero-order valence-corrected chi connectivity index (χ0v) is 12.7. The molecule has 0 aromatic heterocycles. The third-order valence-corrected chi connectivity index (χ3v) is 3.29. The molecule has 0 aromatic rings. The topological polar surface area (TPSA) is 69.6 Å². The van der Waals surface area contributed by atoms with Gasteiger partial charge in [-0.05, 0) is 6.42 Å². The van der Waals surface area contributed by atoms with Crippen LogP contribution in [0.4, 0.5) is 39.5 Å². The summed E-state index contributed by atoms with van der Waals surface area (Å²) in [5.41, 5.74) is 0. The predicted octanol–water partition coefficient (Wildman–Crippen LogP) is 3.05. The summed E-state index contributed by atoms with van der Waals surface area (Å²) < 4.78 is 114. The van der Waals surface area contributed by atoms with Crippen molar-refractivity contribution < 1.29 is 54.5 Å². The molecule has 0 aliphatic rings. The minimum absolute atomic E-state index is 0.167. The van der Waals surface area contributed by atoms with Crippen LogP contribution in [-0.4, -0.2) is 58.8 Å². The van der Waals surface area contributed by atoms with Gasteiger partial charge in [0.15, 0.2) is 0 Å². The summed E-state index contributed by atoms with van der Waals surface area (Å²) >= 11 is 0. The van der Waals surface area contributed by atoms with Gasteiger partial charge in [-0.15, -0.1) is 0 Å². The third kappa shape index (κ3) is 4.90. The first-order valence-electron chi connectivity index (χ1n) is 6.88. The summed E-state index contributed by atoms with van der Waals surface area (Å²) in [4.78, 5) is 10.8. The van der Waals surface area contributed by atoms with Gasteiger partial charge in [0, 0.05) is 6.54 Å². The number of alkyl halides is 9. The van der Waals surface area contributed by atoms with Gasteiger partial charge in [-0.3, -0.25) is 4.79 Å². The summed E-state index contributed by atoms with van der Waals surface area (Å²) in [6.45, 7) is -0.00110. The molecule has 0 amide bonds. The molecule has 4 nitrogen and oxygen atoms in total. The highest BCUT2D eigenvalue weighted by Gasteiger charge is 2.83. The fourth-order valence-corrected chi connectivity index (χ4v) is 1.70. The molecule has 3 N–H and O–H groups in total. The molecule has 150 valence electrons. The molecule has 0 radical (unpaired) electrons. The van der Waals surface area contributed by atoms with Gasteiger partial charge in [0.1, 0.15) is 12.1 Å². The Bertz CT molecular complexity index is 454. The van der Waals surface area contributed by atoms with Crippen LogP contribution in [0.25, 0.3) is 0 Å². The van der Waals surface area contributed by atoms with Crippen molar-refractivity contribution in [2.75, 3.05) is 6.54 Å². The van der Waals surface area contributed by atoms with E-state index in [-0.39, 0.29) is 12.8 Å². The highest BCUT2D eigenvalue weighted by molar-refractivity contribution is 5.73. The summed E-state index contributed by atoms with van der Waals surface area (Å²) in [7, 11) is 0. The zero-order chi connectivity index (χ0) is 20.3. The van der Waals surface area contributed by atoms with E-state index in [0.29, 0.717) is 6.42 Å². The van der Waals surface area contributed by atoms with Crippen LogP contribution in [0.2, 0.25) is 0 Å². The maximum absolute atomic E-state index is 13.4. The molecular formula is C12H16F9NO3. The number of aliphatic hydroxyl groups is 1. The smallest absolute Gasteiger partial charge is 0.460 e. The first kappa shape index (κ1) is 23.8.